The van der Waals surface area contributed by atoms with Crippen molar-refractivity contribution in [2.24, 2.45) is 0 Å². The highest BCUT2D eigenvalue weighted by Gasteiger charge is 2.23. The summed E-state index contributed by atoms with van der Waals surface area (Å²) in [6.07, 6.45) is 3.17. The van der Waals surface area contributed by atoms with E-state index in [2.05, 4.69) is 35.9 Å². The Morgan fingerprint density at radius 1 is 1.46 bits per heavy atom. The minimum absolute atomic E-state index is 0.192. The van der Waals surface area contributed by atoms with E-state index >= 15 is 0 Å². The van der Waals surface area contributed by atoms with Crippen molar-refractivity contribution in [2.75, 3.05) is 11.9 Å². The topological polar surface area (TPSA) is 29.9 Å². The fraction of sp³-hybridized carbons (Fsp3) is 0.700. The zero-order valence-electron chi connectivity index (χ0n) is 8.59. The summed E-state index contributed by atoms with van der Waals surface area (Å²) in [5, 5.41) is 7.80. The van der Waals surface area contributed by atoms with Crippen molar-refractivity contribution in [1.29, 1.82) is 0 Å². The molecule has 1 aliphatic heterocycles. The van der Waals surface area contributed by atoms with E-state index in [-0.39, 0.29) is 5.41 Å². The van der Waals surface area contributed by atoms with Gasteiger partial charge in [0.15, 0.2) is 0 Å². The monoisotopic (exact) mass is 179 g/mol. The quantitative estimate of drug-likeness (QED) is 0.660. The molecule has 3 heteroatoms. The van der Waals surface area contributed by atoms with Crippen LogP contribution >= 0.6 is 0 Å². The van der Waals surface area contributed by atoms with Crippen LogP contribution in [0.3, 0.4) is 0 Å². The van der Waals surface area contributed by atoms with Gasteiger partial charge in [0.25, 0.3) is 0 Å². The summed E-state index contributed by atoms with van der Waals surface area (Å²) in [6, 6.07) is 0. The minimum atomic E-state index is 0.192. The first-order valence-electron chi connectivity index (χ1n) is 4.89. The molecular formula is C10H17N3. The first kappa shape index (κ1) is 8.60. The molecule has 0 atom stereocenters. The van der Waals surface area contributed by atoms with Gasteiger partial charge in [-0.15, -0.1) is 0 Å². The molecule has 2 heterocycles. The van der Waals surface area contributed by atoms with Gasteiger partial charge in [-0.3, -0.25) is 0 Å². The molecular weight excluding hydrogens is 162 g/mol. The van der Waals surface area contributed by atoms with Crippen LogP contribution in [0.5, 0.6) is 0 Å². The minimum Gasteiger partial charge on any atom is -0.370 e. The van der Waals surface area contributed by atoms with Crippen LogP contribution in [-0.4, -0.2) is 16.3 Å². The second kappa shape index (κ2) is 2.76. The molecule has 0 amide bonds. The number of nitrogens with one attached hydrogen (secondary N) is 1. The first-order valence-corrected chi connectivity index (χ1v) is 4.89. The van der Waals surface area contributed by atoms with Gasteiger partial charge in [0.05, 0.1) is 6.20 Å². The number of fused-ring (bicyclic) bond motifs is 1. The fourth-order valence-electron chi connectivity index (χ4n) is 1.73. The van der Waals surface area contributed by atoms with E-state index in [1.807, 2.05) is 6.20 Å². The number of aromatic nitrogens is 2. The van der Waals surface area contributed by atoms with Crippen molar-refractivity contribution in [2.45, 2.75) is 39.2 Å². The molecule has 0 bridgehead atoms. The van der Waals surface area contributed by atoms with E-state index in [0.29, 0.717) is 0 Å². The molecule has 0 saturated carbocycles. The zero-order chi connectivity index (χ0) is 9.47. The van der Waals surface area contributed by atoms with E-state index in [0.717, 1.165) is 13.1 Å². The van der Waals surface area contributed by atoms with Gasteiger partial charge in [0.1, 0.15) is 5.82 Å². The summed E-state index contributed by atoms with van der Waals surface area (Å²) in [5.41, 5.74) is 1.52. The Balaban J connectivity index is 2.43. The lowest BCUT2D eigenvalue weighted by molar-refractivity contribution is 0.556. The van der Waals surface area contributed by atoms with E-state index < -0.39 is 0 Å². The van der Waals surface area contributed by atoms with Crippen molar-refractivity contribution in [1.82, 2.24) is 9.78 Å². The lowest BCUT2D eigenvalue weighted by Gasteiger charge is -2.23. The smallest absolute Gasteiger partial charge is 0.128 e. The van der Waals surface area contributed by atoms with Crippen molar-refractivity contribution < 1.29 is 0 Å². The average molecular weight is 179 g/mol. The van der Waals surface area contributed by atoms with Crippen LogP contribution in [0, 0.1) is 0 Å². The second-order valence-electron chi connectivity index (χ2n) is 4.66. The third kappa shape index (κ3) is 1.43. The van der Waals surface area contributed by atoms with Crippen molar-refractivity contribution in [3.63, 3.8) is 0 Å². The third-order valence-electron chi connectivity index (χ3n) is 2.49. The van der Waals surface area contributed by atoms with Crippen LogP contribution in [0.1, 0.15) is 32.8 Å². The predicted molar refractivity (Wildman–Crippen MR) is 54.0 cm³/mol. The molecule has 72 valence electrons. The van der Waals surface area contributed by atoms with Gasteiger partial charge >= 0.3 is 0 Å². The molecule has 0 spiro atoms. The van der Waals surface area contributed by atoms with Crippen molar-refractivity contribution in [3.05, 3.63) is 11.8 Å². The third-order valence-corrected chi connectivity index (χ3v) is 2.49. The highest BCUT2D eigenvalue weighted by molar-refractivity contribution is 5.48. The summed E-state index contributed by atoms with van der Waals surface area (Å²) in [7, 11) is 0. The number of hydrogen-bond donors (Lipinski definition) is 1. The molecule has 1 N–H and O–H groups in total. The first-order chi connectivity index (χ1) is 6.09. The molecule has 0 aliphatic carbocycles. The number of aryl methyl sites for hydroxylation is 1. The molecule has 0 fully saturated rings. The highest BCUT2D eigenvalue weighted by Crippen LogP contribution is 2.30. The maximum Gasteiger partial charge on any atom is 0.128 e. The average Bonchev–Trinajstić information content (AvgIpc) is 2.45. The number of rotatable bonds is 0. The maximum atomic E-state index is 4.38. The lowest BCUT2D eigenvalue weighted by Crippen LogP contribution is -2.21. The summed E-state index contributed by atoms with van der Waals surface area (Å²) in [6.45, 7) is 8.80. The molecule has 1 aliphatic rings. The highest BCUT2D eigenvalue weighted by atomic mass is 15.3. The Hall–Kier alpha value is -0.990. The summed E-state index contributed by atoms with van der Waals surface area (Å²) >= 11 is 0. The molecule has 0 aromatic carbocycles. The Labute approximate surface area is 79.1 Å². The van der Waals surface area contributed by atoms with Gasteiger partial charge in [-0.2, -0.15) is 5.10 Å². The van der Waals surface area contributed by atoms with Crippen molar-refractivity contribution >= 4 is 5.82 Å². The van der Waals surface area contributed by atoms with E-state index in [1.54, 1.807) is 0 Å². The van der Waals surface area contributed by atoms with E-state index in [9.17, 15) is 0 Å². The van der Waals surface area contributed by atoms with Gasteiger partial charge in [-0.05, 0) is 11.8 Å². The number of anilines is 1. The molecule has 1 aromatic rings. The van der Waals surface area contributed by atoms with Crippen LogP contribution in [-0.2, 0) is 12.0 Å². The zero-order valence-corrected chi connectivity index (χ0v) is 8.59. The summed E-state index contributed by atoms with van der Waals surface area (Å²) in [5.74, 6) is 1.22. The predicted octanol–water partition coefficient (Wildman–Crippen LogP) is 2.00. The Bertz CT molecular complexity index is 306. The number of nitrogens with zero attached hydrogens (tertiary/aromatic N) is 2. The maximum absolute atomic E-state index is 4.38. The molecule has 2 rings (SSSR count). The summed E-state index contributed by atoms with van der Waals surface area (Å²) in [4.78, 5) is 0. The molecule has 13 heavy (non-hydrogen) atoms. The van der Waals surface area contributed by atoms with Crippen LogP contribution in [0.4, 0.5) is 5.82 Å². The normalized spacial score (nSPS) is 16.5. The van der Waals surface area contributed by atoms with Gasteiger partial charge in [0.2, 0.25) is 0 Å². The van der Waals surface area contributed by atoms with Gasteiger partial charge < -0.3 is 5.32 Å². The van der Waals surface area contributed by atoms with Crippen LogP contribution < -0.4 is 5.32 Å². The molecule has 0 unspecified atom stereocenters. The fourth-order valence-corrected chi connectivity index (χ4v) is 1.73. The van der Waals surface area contributed by atoms with Gasteiger partial charge in [-0.1, -0.05) is 20.8 Å². The Morgan fingerprint density at radius 2 is 2.23 bits per heavy atom. The standard InChI is InChI=1S/C10H17N3/c1-10(2,3)8-7-12-13-6-4-5-11-9(8)13/h7,11H,4-6H2,1-3H3. The van der Waals surface area contributed by atoms with E-state index in [4.69, 9.17) is 0 Å². The Morgan fingerprint density at radius 3 is 2.92 bits per heavy atom. The second-order valence-corrected chi connectivity index (χ2v) is 4.66. The van der Waals surface area contributed by atoms with Crippen LogP contribution in [0.15, 0.2) is 6.20 Å². The number of hydrogen-bond acceptors (Lipinski definition) is 2. The van der Waals surface area contributed by atoms with E-state index in [1.165, 1.54) is 17.8 Å². The largest absolute Gasteiger partial charge is 0.370 e. The van der Waals surface area contributed by atoms with Crippen LogP contribution in [0.2, 0.25) is 0 Å². The molecule has 0 radical (unpaired) electrons. The SMILES string of the molecule is CC(C)(C)c1cnn2c1NCCC2. The van der Waals surface area contributed by atoms with Gasteiger partial charge in [0, 0.05) is 18.7 Å². The van der Waals surface area contributed by atoms with Gasteiger partial charge in [-0.25, -0.2) is 4.68 Å². The molecule has 3 nitrogen and oxygen atoms in total. The Kier molecular flexibility index (Phi) is 1.82. The van der Waals surface area contributed by atoms with Crippen LogP contribution in [0.25, 0.3) is 0 Å². The summed E-state index contributed by atoms with van der Waals surface area (Å²) < 4.78 is 2.07. The van der Waals surface area contributed by atoms with Crippen molar-refractivity contribution in [3.8, 4) is 0 Å². The lowest BCUT2D eigenvalue weighted by atomic mass is 9.88. The molecule has 1 aromatic heterocycles. The molecule has 0 saturated heterocycles.